The van der Waals surface area contributed by atoms with Crippen molar-refractivity contribution in [2.75, 3.05) is 13.2 Å². The number of hydrogen-bond acceptors (Lipinski definition) is 2. The van der Waals surface area contributed by atoms with Crippen molar-refractivity contribution < 1.29 is 5.11 Å². The lowest BCUT2D eigenvalue weighted by molar-refractivity contribution is 0.133. The molecule has 1 aliphatic rings. The molecular weight excluding hydrogens is 157 g/mol. The minimum absolute atomic E-state index is 0.309. The predicted octanol–water partition coefficient (Wildman–Crippen LogP) is 0.705. The summed E-state index contributed by atoms with van der Waals surface area (Å²) in [5.74, 6) is 0. The van der Waals surface area contributed by atoms with Gasteiger partial charge in [-0.25, -0.2) is 0 Å². The molecule has 3 heteroatoms. The van der Waals surface area contributed by atoms with Crippen molar-refractivity contribution in [3.05, 3.63) is 0 Å². The van der Waals surface area contributed by atoms with E-state index in [9.17, 15) is 0 Å². The van der Waals surface area contributed by atoms with Crippen LogP contribution in [0.5, 0.6) is 0 Å². The molecule has 3 unspecified atom stereocenters. The second-order valence-corrected chi connectivity index (χ2v) is 4.57. The lowest BCUT2D eigenvalue weighted by Crippen LogP contribution is -2.37. The van der Waals surface area contributed by atoms with Crippen LogP contribution in [0.3, 0.4) is 0 Å². The third-order valence-electron chi connectivity index (χ3n) is 2.36. The van der Waals surface area contributed by atoms with Gasteiger partial charge in [0, 0.05) is 18.6 Å². The Morgan fingerprint density at radius 3 is 2.64 bits per heavy atom. The summed E-state index contributed by atoms with van der Waals surface area (Å²) in [6.07, 6.45) is 1.12. The highest BCUT2D eigenvalue weighted by molar-refractivity contribution is 7.17. The molecule has 1 N–H and O–H groups in total. The van der Waals surface area contributed by atoms with E-state index >= 15 is 0 Å². The molecule has 66 valence electrons. The molecule has 1 saturated heterocycles. The third kappa shape index (κ3) is 2.14. The van der Waals surface area contributed by atoms with Crippen molar-refractivity contribution in [2.45, 2.75) is 38.0 Å². The molecule has 0 aromatic rings. The lowest BCUT2D eigenvalue weighted by atomic mass is 10.2. The largest absolute Gasteiger partial charge is 0.395 e. The Bertz CT molecular complexity index is 129. The summed E-state index contributed by atoms with van der Waals surface area (Å²) in [6, 6.07) is 0.968. The predicted molar refractivity (Wildman–Crippen MR) is 50.8 cm³/mol. The molecule has 1 heterocycles. The quantitative estimate of drug-likeness (QED) is 0.625. The van der Waals surface area contributed by atoms with Crippen LogP contribution in [-0.2, 0) is 0 Å². The molecule has 0 aromatic heterocycles. The van der Waals surface area contributed by atoms with Gasteiger partial charge in [0.1, 0.15) is 0 Å². The van der Waals surface area contributed by atoms with Gasteiger partial charge in [-0.05, 0) is 25.9 Å². The normalized spacial score (nSPS) is 33.5. The van der Waals surface area contributed by atoms with Crippen LogP contribution >= 0.6 is 9.24 Å². The minimum atomic E-state index is 0.309. The molecule has 1 aliphatic heterocycles. The highest BCUT2D eigenvalue weighted by atomic mass is 31.0. The first-order valence-corrected chi connectivity index (χ1v) is 4.94. The smallest absolute Gasteiger partial charge is 0.0587 e. The number of nitrogens with zero attached hydrogens (tertiary/aromatic N) is 1. The fourth-order valence-electron chi connectivity index (χ4n) is 1.79. The number of aliphatic hydroxyl groups is 1. The number of aliphatic hydroxyl groups excluding tert-OH is 1. The van der Waals surface area contributed by atoms with Crippen LogP contribution in [0.15, 0.2) is 0 Å². The van der Waals surface area contributed by atoms with Crippen molar-refractivity contribution in [2.24, 2.45) is 0 Å². The summed E-state index contributed by atoms with van der Waals surface area (Å²) in [5, 5.41) is 9.05. The van der Waals surface area contributed by atoms with Gasteiger partial charge in [0.05, 0.1) is 6.61 Å². The fourth-order valence-corrected chi connectivity index (χ4v) is 2.35. The van der Waals surface area contributed by atoms with Crippen molar-refractivity contribution in [1.29, 1.82) is 0 Å². The van der Waals surface area contributed by atoms with Crippen molar-refractivity contribution in [3.63, 3.8) is 0 Å². The summed E-state index contributed by atoms with van der Waals surface area (Å²) in [5.41, 5.74) is 0.676. The molecular formula is C8H18NOP. The van der Waals surface area contributed by atoms with Crippen LogP contribution in [0.2, 0.25) is 0 Å². The maximum Gasteiger partial charge on any atom is 0.0587 e. The Morgan fingerprint density at radius 2 is 2.27 bits per heavy atom. The Kier molecular flexibility index (Phi) is 3.29. The van der Waals surface area contributed by atoms with E-state index in [2.05, 4.69) is 28.0 Å². The van der Waals surface area contributed by atoms with Crippen molar-refractivity contribution in [1.82, 2.24) is 4.90 Å². The average molecular weight is 175 g/mol. The summed E-state index contributed by atoms with van der Waals surface area (Å²) in [7, 11) is 2.84. The molecule has 2 nitrogen and oxygen atoms in total. The molecule has 0 amide bonds. The highest BCUT2D eigenvalue weighted by Gasteiger charge is 2.30. The molecule has 0 radical (unpaired) electrons. The van der Waals surface area contributed by atoms with Gasteiger partial charge in [0.25, 0.3) is 0 Å². The summed E-state index contributed by atoms with van der Waals surface area (Å²) >= 11 is 0. The first-order chi connectivity index (χ1) is 5.15. The minimum Gasteiger partial charge on any atom is -0.395 e. The van der Waals surface area contributed by atoms with Gasteiger partial charge < -0.3 is 5.11 Å². The molecule has 0 bridgehead atoms. The molecule has 0 aliphatic carbocycles. The number of hydrogen-bond donors (Lipinski definition) is 1. The third-order valence-corrected chi connectivity index (χ3v) is 2.85. The Hall–Kier alpha value is 0.350. The standard InChI is InChI=1S/C8H18NOP/c1-6(2)9-4-8(11)3-7(9)5-10/h6-8,10H,3-5,11H2,1-2H3. The molecule has 0 saturated carbocycles. The van der Waals surface area contributed by atoms with Crippen LogP contribution in [0, 0.1) is 0 Å². The van der Waals surface area contributed by atoms with Crippen LogP contribution < -0.4 is 0 Å². The summed E-state index contributed by atoms with van der Waals surface area (Å²) < 4.78 is 0. The van der Waals surface area contributed by atoms with Crippen LogP contribution in [0.1, 0.15) is 20.3 Å². The zero-order chi connectivity index (χ0) is 8.43. The second-order valence-electron chi connectivity index (χ2n) is 3.62. The molecule has 0 spiro atoms. The average Bonchev–Trinajstić information content (AvgIpc) is 2.30. The van der Waals surface area contributed by atoms with E-state index in [1.165, 1.54) is 0 Å². The van der Waals surface area contributed by atoms with Gasteiger partial charge in [-0.15, -0.1) is 9.24 Å². The topological polar surface area (TPSA) is 23.5 Å². The van der Waals surface area contributed by atoms with Gasteiger partial charge in [-0.2, -0.15) is 0 Å². The first-order valence-electron chi connectivity index (χ1n) is 4.27. The van der Waals surface area contributed by atoms with E-state index < -0.39 is 0 Å². The van der Waals surface area contributed by atoms with Gasteiger partial charge in [0.15, 0.2) is 0 Å². The maximum atomic E-state index is 9.05. The molecule has 1 rings (SSSR count). The van der Waals surface area contributed by atoms with Crippen molar-refractivity contribution >= 4 is 9.24 Å². The van der Waals surface area contributed by atoms with E-state index in [1.807, 2.05) is 0 Å². The monoisotopic (exact) mass is 175 g/mol. The Morgan fingerprint density at radius 1 is 1.64 bits per heavy atom. The van der Waals surface area contributed by atoms with Gasteiger partial charge >= 0.3 is 0 Å². The Balaban J connectivity index is 2.50. The summed E-state index contributed by atoms with van der Waals surface area (Å²) in [4.78, 5) is 2.37. The van der Waals surface area contributed by atoms with E-state index in [0.29, 0.717) is 24.3 Å². The van der Waals surface area contributed by atoms with Crippen LogP contribution in [-0.4, -0.2) is 40.9 Å². The fraction of sp³-hybridized carbons (Fsp3) is 1.00. The van der Waals surface area contributed by atoms with Gasteiger partial charge in [-0.1, -0.05) is 0 Å². The first kappa shape index (κ1) is 9.44. The zero-order valence-corrected chi connectivity index (χ0v) is 8.48. The van der Waals surface area contributed by atoms with Gasteiger partial charge in [0.2, 0.25) is 0 Å². The van der Waals surface area contributed by atoms with Crippen molar-refractivity contribution in [3.8, 4) is 0 Å². The molecule has 1 fully saturated rings. The van der Waals surface area contributed by atoms with E-state index in [1.54, 1.807) is 0 Å². The summed E-state index contributed by atoms with van der Waals surface area (Å²) in [6.45, 7) is 5.80. The lowest BCUT2D eigenvalue weighted by Gasteiger charge is -2.26. The van der Waals surface area contributed by atoms with Gasteiger partial charge in [-0.3, -0.25) is 4.90 Å². The zero-order valence-electron chi connectivity index (χ0n) is 7.33. The number of rotatable bonds is 2. The van der Waals surface area contributed by atoms with Crippen LogP contribution in [0.25, 0.3) is 0 Å². The molecule has 11 heavy (non-hydrogen) atoms. The number of likely N-dealkylation sites (tertiary alicyclic amines) is 1. The van der Waals surface area contributed by atoms with E-state index in [0.717, 1.165) is 13.0 Å². The van der Waals surface area contributed by atoms with Crippen LogP contribution in [0.4, 0.5) is 0 Å². The van der Waals surface area contributed by atoms with E-state index in [-0.39, 0.29) is 0 Å². The van der Waals surface area contributed by atoms with E-state index in [4.69, 9.17) is 5.11 Å². The SMILES string of the molecule is CC(C)N1CC(P)CC1CO. The molecule has 0 aromatic carbocycles. The Labute approximate surface area is 71.2 Å². The highest BCUT2D eigenvalue weighted by Crippen LogP contribution is 2.24. The second kappa shape index (κ2) is 3.84. The maximum absolute atomic E-state index is 9.05. The molecule has 3 atom stereocenters.